The van der Waals surface area contributed by atoms with Crippen LogP contribution in [0.5, 0.6) is 0 Å². The third-order valence-corrected chi connectivity index (χ3v) is 19.4. The molecule has 3 rings (SSSR count). The Bertz CT molecular complexity index is 1930. The lowest BCUT2D eigenvalue weighted by Crippen LogP contribution is -2.66. The fraction of sp³-hybridized carbons (Fsp3) is 0.883. The normalized spacial score (nSPS) is 27.3. The summed E-state index contributed by atoms with van der Waals surface area (Å²) in [5.74, 6) is -0.272. The number of carbonyl (C=O) groups excluding carboxylic acids is 1. The Balaban J connectivity index is 1.28. The molecule has 96 heavy (non-hydrogen) atoms. The van der Waals surface area contributed by atoms with Gasteiger partial charge < -0.3 is 89.9 Å². The SMILES string of the molecule is CCCCCCC/C=C\C/C=C\C/C=C\CCCCCCCCCCCCCCCCCCCCCCCCCCC(=O)NC(COC1OC(CO)C(OC2OC(CO)C(OC3OC(CO)C(O)C(O)C3O)C(O)C2O)C(O)C1O)C(O)/C=C/CCCCCCCCCCCC. The molecule has 12 N–H and O–H groups in total. The highest BCUT2D eigenvalue weighted by atomic mass is 16.8. The number of nitrogens with one attached hydrogen (secondary N) is 1. The molecular weight excluding hydrogens is 1230 g/mol. The molecule has 3 aliphatic rings. The molecule has 3 fully saturated rings. The number of rotatable bonds is 61. The van der Waals surface area contributed by atoms with E-state index in [9.17, 15) is 61.0 Å². The summed E-state index contributed by atoms with van der Waals surface area (Å²) in [5.41, 5.74) is 0. The number of hydrogen-bond acceptors (Lipinski definition) is 18. The molecule has 0 radical (unpaired) electrons. The maximum atomic E-state index is 13.4. The van der Waals surface area contributed by atoms with Crippen LogP contribution in [0.15, 0.2) is 48.6 Å². The minimum atomic E-state index is -1.98. The molecule has 0 aromatic rings. The molecule has 0 bridgehead atoms. The van der Waals surface area contributed by atoms with Crippen molar-refractivity contribution in [3.05, 3.63) is 48.6 Å². The summed E-state index contributed by atoms with van der Waals surface area (Å²) in [5, 5.41) is 120. The highest BCUT2D eigenvalue weighted by Gasteiger charge is 2.53. The minimum absolute atomic E-state index is 0.246. The molecule has 0 aliphatic carbocycles. The number of hydrogen-bond donors (Lipinski definition) is 12. The van der Waals surface area contributed by atoms with E-state index in [2.05, 4.69) is 55.6 Å². The lowest BCUT2D eigenvalue weighted by molar-refractivity contribution is -0.379. The van der Waals surface area contributed by atoms with Crippen molar-refractivity contribution in [1.29, 1.82) is 0 Å². The first-order valence-electron chi connectivity index (χ1n) is 38.9. The zero-order chi connectivity index (χ0) is 69.6. The first kappa shape index (κ1) is 88.0. The number of allylic oxidation sites excluding steroid dienone is 7. The second kappa shape index (κ2) is 58.3. The molecule has 3 aliphatic heterocycles. The molecule has 17 unspecified atom stereocenters. The van der Waals surface area contributed by atoms with Crippen molar-refractivity contribution in [3.63, 3.8) is 0 Å². The second-order valence-electron chi connectivity index (χ2n) is 27.8. The van der Waals surface area contributed by atoms with Crippen LogP contribution in [0.1, 0.15) is 303 Å². The topological polar surface area (TPSA) is 307 Å². The molecule has 3 saturated heterocycles. The van der Waals surface area contributed by atoms with E-state index in [1.54, 1.807) is 6.08 Å². The first-order chi connectivity index (χ1) is 46.8. The van der Waals surface area contributed by atoms with Gasteiger partial charge in [0.1, 0.15) is 73.2 Å². The van der Waals surface area contributed by atoms with Crippen molar-refractivity contribution in [2.24, 2.45) is 0 Å². The number of carbonyl (C=O) groups is 1. The van der Waals surface area contributed by atoms with Gasteiger partial charge >= 0.3 is 0 Å². The van der Waals surface area contributed by atoms with E-state index >= 15 is 0 Å². The lowest BCUT2D eigenvalue weighted by atomic mass is 9.96. The van der Waals surface area contributed by atoms with Crippen LogP contribution in [0.2, 0.25) is 0 Å². The van der Waals surface area contributed by atoms with Crippen molar-refractivity contribution in [2.75, 3.05) is 26.4 Å². The molecule has 1 amide bonds. The van der Waals surface area contributed by atoms with Crippen LogP contribution in [0.25, 0.3) is 0 Å². The minimum Gasteiger partial charge on any atom is -0.394 e. The number of aliphatic hydroxyl groups is 11. The molecule has 0 saturated carbocycles. The van der Waals surface area contributed by atoms with E-state index in [1.807, 2.05) is 6.08 Å². The van der Waals surface area contributed by atoms with Crippen molar-refractivity contribution in [1.82, 2.24) is 5.32 Å². The maximum absolute atomic E-state index is 13.4. The number of unbranched alkanes of at least 4 members (excludes halogenated alkanes) is 39. The molecule has 562 valence electrons. The largest absolute Gasteiger partial charge is 0.394 e. The quantitative estimate of drug-likeness (QED) is 0.0199. The second-order valence-corrected chi connectivity index (χ2v) is 27.8. The van der Waals surface area contributed by atoms with Crippen molar-refractivity contribution in [3.8, 4) is 0 Å². The summed E-state index contributed by atoms with van der Waals surface area (Å²) in [7, 11) is 0. The van der Waals surface area contributed by atoms with Gasteiger partial charge in [-0.2, -0.15) is 0 Å². The summed E-state index contributed by atoms with van der Waals surface area (Å²) >= 11 is 0. The molecule has 0 aromatic carbocycles. The van der Waals surface area contributed by atoms with Gasteiger partial charge in [0.2, 0.25) is 5.91 Å². The van der Waals surface area contributed by atoms with E-state index in [1.165, 1.54) is 218 Å². The van der Waals surface area contributed by atoms with Crippen molar-refractivity contribution in [2.45, 2.75) is 407 Å². The zero-order valence-corrected chi connectivity index (χ0v) is 59.9. The Morgan fingerprint density at radius 1 is 0.375 bits per heavy atom. The van der Waals surface area contributed by atoms with E-state index in [0.717, 1.165) is 57.8 Å². The van der Waals surface area contributed by atoms with Gasteiger partial charge in [0.25, 0.3) is 0 Å². The summed E-state index contributed by atoms with van der Waals surface area (Å²) in [4.78, 5) is 13.4. The number of aliphatic hydroxyl groups excluding tert-OH is 11. The Labute approximate surface area is 580 Å². The summed E-state index contributed by atoms with van der Waals surface area (Å²) in [6, 6.07) is -0.971. The monoisotopic (exact) mass is 1370 g/mol. The zero-order valence-electron chi connectivity index (χ0n) is 59.9. The third-order valence-electron chi connectivity index (χ3n) is 19.4. The maximum Gasteiger partial charge on any atom is 0.220 e. The van der Waals surface area contributed by atoms with E-state index in [-0.39, 0.29) is 18.9 Å². The molecule has 0 aromatic heterocycles. The molecule has 3 heterocycles. The number of ether oxygens (including phenoxy) is 6. The Kier molecular flexibility index (Phi) is 53.4. The van der Waals surface area contributed by atoms with Crippen molar-refractivity contribution < 1.29 is 89.4 Å². The van der Waals surface area contributed by atoms with Gasteiger partial charge in [0, 0.05) is 6.42 Å². The van der Waals surface area contributed by atoms with Gasteiger partial charge in [-0.1, -0.05) is 287 Å². The van der Waals surface area contributed by atoms with Gasteiger partial charge in [-0.15, -0.1) is 0 Å². The molecule has 19 nitrogen and oxygen atoms in total. The third kappa shape index (κ3) is 38.7. The molecular formula is C77H141NO18. The number of amides is 1. The van der Waals surface area contributed by atoms with E-state index in [4.69, 9.17) is 28.4 Å². The Morgan fingerprint density at radius 3 is 1.07 bits per heavy atom. The van der Waals surface area contributed by atoms with Crippen LogP contribution >= 0.6 is 0 Å². The first-order valence-corrected chi connectivity index (χ1v) is 38.9. The fourth-order valence-corrected chi connectivity index (χ4v) is 13.1. The smallest absolute Gasteiger partial charge is 0.220 e. The van der Waals surface area contributed by atoms with E-state index < -0.39 is 124 Å². The lowest BCUT2D eigenvalue weighted by Gasteiger charge is -2.48. The predicted octanol–water partition coefficient (Wildman–Crippen LogP) is 12.1. The average molecular weight is 1370 g/mol. The average Bonchev–Trinajstić information content (AvgIpc) is 0.787. The molecule has 19 heteroatoms. The molecule has 0 spiro atoms. The highest BCUT2D eigenvalue weighted by molar-refractivity contribution is 5.76. The van der Waals surface area contributed by atoms with Gasteiger partial charge in [0.05, 0.1) is 38.6 Å². The van der Waals surface area contributed by atoms with Gasteiger partial charge in [-0.25, -0.2) is 0 Å². The van der Waals surface area contributed by atoms with Crippen LogP contribution < -0.4 is 5.32 Å². The van der Waals surface area contributed by atoms with E-state index in [0.29, 0.717) is 6.42 Å². The van der Waals surface area contributed by atoms with Gasteiger partial charge in [0.15, 0.2) is 18.9 Å². The van der Waals surface area contributed by atoms with Gasteiger partial charge in [-0.3, -0.25) is 4.79 Å². The van der Waals surface area contributed by atoms with Crippen LogP contribution in [0.4, 0.5) is 0 Å². The molecule has 17 atom stereocenters. The standard InChI is InChI=1S/C77H141NO18/c1-3-5-7-9-11-13-15-17-18-19-20-21-22-23-24-25-26-27-28-29-30-31-32-33-34-35-36-37-38-39-40-41-42-43-45-47-49-51-53-55-65(83)78-60(61(82)54-52-50-48-46-44-16-14-12-10-8-6-4-2)59-91-75-71(89)68(86)73(63(57-80)93-75)96-77-72(90)69(87)74(64(58-81)94-77)95-76-70(88)67(85)66(84)62(56-79)92-76/h15,17,19-20,22-23,52,54,60-64,66-77,79-82,84-90H,3-14,16,18,21,24-51,53,55-59H2,1-2H3,(H,78,83)/b17-15-,20-19-,23-22-,54-52+. The van der Waals surface area contributed by atoms with Gasteiger partial charge in [-0.05, 0) is 57.8 Å². The van der Waals surface area contributed by atoms with Crippen LogP contribution in [0, 0.1) is 0 Å². The van der Waals surface area contributed by atoms with Crippen LogP contribution in [-0.2, 0) is 33.2 Å². The van der Waals surface area contributed by atoms with Crippen LogP contribution in [0.3, 0.4) is 0 Å². The summed E-state index contributed by atoms with van der Waals surface area (Å²) in [6.07, 6.45) is 45.6. The fourth-order valence-electron chi connectivity index (χ4n) is 13.1. The van der Waals surface area contributed by atoms with Crippen molar-refractivity contribution >= 4 is 5.91 Å². The summed E-state index contributed by atoms with van der Waals surface area (Å²) < 4.78 is 34.3. The Morgan fingerprint density at radius 2 is 0.688 bits per heavy atom. The highest BCUT2D eigenvalue weighted by Crippen LogP contribution is 2.33. The van der Waals surface area contributed by atoms with Crippen LogP contribution in [-0.4, -0.2) is 193 Å². The Hall–Kier alpha value is -2.25. The summed E-state index contributed by atoms with van der Waals surface area (Å²) in [6.45, 7) is 1.73. The predicted molar refractivity (Wildman–Crippen MR) is 379 cm³/mol.